The fourth-order valence-corrected chi connectivity index (χ4v) is 4.24. The number of fused-ring (bicyclic) bond motifs is 1. The number of ether oxygens (including phenoxy) is 2. The Hall–Kier alpha value is -4.21. The highest BCUT2D eigenvalue weighted by atomic mass is 19.3. The summed E-state index contributed by atoms with van der Waals surface area (Å²) in [5.41, 5.74) is 3.11. The normalized spacial score (nSPS) is 16.2. The van der Waals surface area contributed by atoms with Gasteiger partial charge in [-0.2, -0.15) is 0 Å². The molecular formula is C26H24F2N4O4. The third kappa shape index (κ3) is 4.53. The van der Waals surface area contributed by atoms with E-state index in [2.05, 4.69) is 30.4 Å². The molecule has 3 aromatic rings. The highest BCUT2D eigenvalue weighted by Crippen LogP contribution is 2.52. The van der Waals surface area contributed by atoms with Crippen LogP contribution in [0.3, 0.4) is 0 Å². The van der Waals surface area contributed by atoms with Crippen LogP contribution in [-0.2, 0) is 16.8 Å². The van der Waals surface area contributed by atoms with Crippen LogP contribution in [0.5, 0.6) is 11.5 Å². The summed E-state index contributed by atoms with van der Waals surface area (Å²) in [6.07, 6.45) is -2.56. The molecule has 0 bridgehead atoms. The van der Waals surface area contributed by atoms with Crippen LogP contribution >= 0.6 is 0 Å². The highest BCUT2D eigenvalue weighted by Gasteiger charge is 2.53. The van der Waals surface area contributed by atoms with Crippen LogP contribution in [0, 0.1) is 6.92 Å². The number of carbonyl (C=O) groups excluding carboxylic acids is 2. The maximum atomic E-state index is 13.4. The molecule has 186 valence electrons. The molecule has 36 heavy (non-hydrogen) atoms. The van der Waals surface area contributed by atoms with E-state index in [0.717, 1.165) is 16.7 Å². The van der Waals surface area contributed by atoms with E-state index in [1.54, 1.807) is 19.2 Å². The number of aryl methyl sites for hydroxylation is 1. The number of rotatable bonds is 6. The van der Waals surface area contributed by atoms with E-state index >= 15 is 0 Å². The molecule has 0 saturated heterocycles. The summed E-state index contributed by atoms with van der Waals surface area (Å²) in [5.74, 6) is -0.0253. The number of nitrogens with zero attached hydrogens (tertiary/aromatic N) is 1. The zero-order valence-corrected chi connectivity index (χ0v) is 19.7. The maximum absolute atomic E-state index is 13.4. The molecule has 3 N–H and O–H groups in total. The summed E-state index contributed by atoms with van der Waals surface area (Å²) < 4.78 is 35.8. The summed E-state index contributed by atoms with van der Waals surface area (Å²) >= 11 is 0. The second kappa shape index (κ2) is 8.78. The molecule has 3 amide bonds. The Morgan fingerprint density at radius 1 is 1.03 bits per heavy atom. The number of benzene rings is 2. The minimum absolute atomic E-state index is 0.0578. The van der Waals surface area contributed by atoms with Crippen molar-refractivity contribution in [3.63, 3.8) is 0 Å². The van der Waals surface area contributed by atoms with Crippen LogP contribution in [0.25, 0.3) is 11.3 Å². The van der Waals surface area contributed by atoms with E-state index < -0.39 is 11.7 Å². The molecule has 1 aliphatic carbocycles. The lowest BCUT2D eigenvalue weighted by molar-refractivity contribution is -0.286. The molecule has 5 rings (SSSR count). The van der Waals surface area contributed by atoms with Gasteiger partial charge in [0.25, 0.3) is 0 Å². The average Bonchev–Trinajstić information content (AvgIpc) is 3.61. The summed E-state index contributed by atoms with van der Waals surface area (Å²) in [7, 11) is 1.55. The van der Waals surface area contributed by atoms with Gasteiger partial charge in [-0.25, -0.2) is 9.78 Å². The van der Waals surface area contributed by atoms with Crippen LogP contribution in [0.15, 0.2) is 54.6 Å². The first kappa shape index (κ1) is 23.5. The zero-order chi connectivity index (χ0) is 25.5. The van der Waals surface area contributed by atoms with Gasteiger partial charge in [0, 0.05) is 19.2 Å². The Morgan fingerprint density at radius 3 is 2.56 bits per heavy atom. The summed E-state index contributed by atoms with van der Waals surface area (Å²) in [5, 5.41) is 8.16. The molecule has 2 aromatic carbocycles. The first-order valence-electron chi connectivity index (χ1n) is 11.4. The smallest absolute Gasteiger partial charge is 0.395 e. The molecule has 2 aliphatic rings. The SMILES string of the molecule is CNC(=O)NCc1cccc(-c2nc(NC(=O)C3(c4ccc5c(c4)OC(F)(F)O5)CC3)ccc2C)c1. The minimum atomic E-state index is -3.71. The Bertz CT molecular complexity index is 1360. The van der Waals surface area contributed by atoms with Crippen molar-refractivity contribution in [1.82, 2.24) is 15.6 Å². The molecule has 1 aliphatic heterocycles. The molecule has 2 heterocycles. The van der Waals surface area contributed by atoms with Crippen molar-refractivity contribution in [2.75, 3.05) is 12.4 Å². The second-order valence-electron chi connectivity index (χ2n) is 8.86. The van der Waals surface area contributed by atoms with Gasteiger partial charge in [-0.05, 0) is 60.7 Å². The number of amides is 3. The number of carbonyl (C=O) groups is 2. The molecule has 0 radical (unpaired) electrons. The number of aromatic nitrogens is 1. The first-order valence-corrected chi connectivity index (χ1v) is 11.4. The molecule has 1 fully saturated rings. The van der Waals surface area contributed by atoms with Crippen molar-refractivity contribution in [3.8, 4) is 22.8 Å². The predicted molar refractivity (Wildman–Crippen MR) is 128 cm³/mol. The maximum Gasteiger partial charge on any atom is 0.586 e. The third-order valence-electron chi connectivity index (χ3n) is 6.36. The van der Waals surface area contributed by atoms with Crippen LogP contribution < -0.4 is 25.4 Å². The van der Waals surface area contributed by atoms with E-state index in [1.807, 2.05) is 37.3 Å². The van der Waals surface area contributed by atoms with Crippen molar-refractivity contribution in [2.45, 2.75) is 38.0 Å². The lowest BCUT2D eigenvalue weighted by Gasteiger charge is -2.17. The Kier molecular flexibility index (Phi) is 5.74. The molecular weight excluding hydrogens is 470 g/mol. The number of pyridine rings is 1. The molecule has 0 spiro atoms. The lowest BCUT2D eigenvalue weighted by atomic mass is 9.94. The van der Waals surface area contributed by atoms with Crippen LogP contribution in [0.1, 0.15) is 29.5 Å². The molecule has 1 aromatic heterocycles. The Balaban J connectivity index is 1.35. The molecule has 10 heteroatoms. The lowest BCUT2D eigenvalue weighted by Crippen LogP contribution is -2.32. The van der Waals surface area contributed by atoms with Crippen molar-refractivity contribution < 1.29 is 27.8 Å². The van der Waals surface area contributed by atoms with Crippen LogP contribution in [0.2, 0.25) is 0 Å². The van der Waals surface area contributed by atoms with Gasteiger partial charge in [0.2, 0.25) is 5.91 Å². The molecule has 0 unspecified atom stereocenters. The van der Waals surface area contributed by atoms with Crippen molar-refractivity contribution in [2.24, 2.45) is 0 Å². The monoisotopic (exact) mass is 494 g/mol. The second-order valence-corrected chi connectivity index (χ2v) is 8.86. The standard InChI is InChI=1S/C26H24F2N4O4/c1-15-6-9-21(31-22(15)17-5-3-4-16(12-17)14-30-24(34)29-2)32-23(33)25(10-11-25)18-7-8-19-20(13-18)36-26(27,28)35-19/h3-9,12-13H,10-11,14H2,1-2H3,(H2,29,30,34)(H,31,32,33). The van der Waals surface area contributed by atoms with Crippen molar-refractivity contribution >= 4 is 17.8 Å². The van der Waals surface area contributed by atoms with Gasteiger partial charge in [-0.1, -0.05) is 30.3 Å². The van der Waals surface area contributed by atoms with E-state index in [-0.39, 0.29) is 23.4 Å². The van der Waals surface area contributed by atoms with Gasteiger partial charge in [-0.15, -0.1) is 8.78 Å². The molecule has 0 atom stereocenters. The quantitative estimate of drug-likeness (QED) is 0.469. The fourth-order valence-electron chi connectivity index (χ4n) is 4.24. The van der Waals surface area contributed by atoms with Crippen LogP contribution in [0.4, 0.5) is 19.4 Å². The largest absolute Gasteiger partial charge is 0.586 e. The molecule has 8 nitrogen and oxygen atoms in total. The van der Waals surface area contributed by atoms with Gasteiger partial charge in [0.05, 0.1) is 11.1 Å². The fraction of sp³-hybridized carbons (Fsp3) is 0.269. The van der Waals surface area contributed by atoms with E-state index in [1.165, 1.54) is 12.1 Å². The number of hydrogen-bond acceptors (Lipinski definition) is 5. The average molecular weight is 494 g/mol. The van der Waals surface area contributed by atoms with Gasteiger partial charge in [0.15, 0.2) is 11.5 Å². The van der Waals surface area contributed by atoms with Gasteiger partial charge in [-0.3, -0.25) is 4.79 Å². The topological polar surface area (TPSA) is 102 Å². The van der Waals surface area contributed by atoms with E-state index in [0.29, 0.717) is 36.5 Å². The predicted octanol–water partition coefficient (Wildman–Crippen LogP) is 4.48. The number of urea groups is 1. The van der Waals surface area contributed by atoms with Crippen molar-refractivity contribution in [3.05, 3.63) is 71.3 Å². The Labute approximate surface area is 206 Å². The number of hydrogen-bond donors (Lipinski definition) is 3. The highest BCUT2D eigenvalue weighted by molar-refractivity contribution is 6.01. The molecule has 1 saturated carbocycles. The zero-order valence-electron chi connectivity index (χ0n) is 19.7. The number of anilines is 1. The third-order valence-corrected chi connectivity index (χ3v) is 6.36. The number of nitrogens with one attached hydrogen (secondary N) is 3. The number of alkyl halides is 2. The van der Waals surface area contributed by atoms with Gasteiger partial charge < -0.3 is 25.4 Å². The number of halogens is 2. The van der Waals surface area contributed by atoms with Crippen molar-refractivity contribution in [1.29, 1.82) is 0 Å². The van der Waals surface area contributed by atoms with Gasteiger partial charge in [0.1, 0.15) is 5.82 Å². The summed E-state index contributed by atoms with van der Waals surface area (Å²) in [4.78, 5) is 29.4. The van der Waals surface area contributed by atoms with E-state index in [4.69, 9.17) is 0 Å². The minimum Gasteiger partial charge on any atom is -0.395 e. The van der Waals surface area contributed by atoms with Gasteiger partial charge >= 0.3 is 12.3 Å². The summed E-state index contributed by atoms with van der Waals surface area (Å²) in [6.45, 7) is 2.28. The first-order chi connectivity index (χ1) is 17.2. The Morgan fingerprint density at radius 2 is 1.81 bits per heavy atom. The summed E-state index contributed by atoms with van der Waals surface area (Å²) in [6, 6.07) is 15.4. The van der Waals surface area contributed by atoms with E-state index in [9.17, 15) is 18.4 Å². The van der Waals surface area contributed by atoms with Crippen LogP contribution in [-0.4, -0.2) is 30.3 Å².